The first-order valence-corrected chi connectivity index (χ1v) is 7.69. The predicted octanol–water partition coefficient (Wildman–Crippen LogP) is 1.24. The van der Waals surface area contributed by atoms with Gasteiger partial charge >= 0.3 is 5.69 Å². The Balaban J connectivity index is 1.74. The molecule has 1 aliphatic rings. The van der Waals surface area contributed by atoms with Gasteiger partial charge in [-0.2, -0.15) is 0 Å². The second-order valence-electron chi connectivity index (χ2n) is 5.51. The summed E-state index contributed by atoms with van der Waals surface area (Å²) in [5.74, 6) is -0.133. The van der Waals surface area contributed by atoms with Gasteiger partial charge in [0.1, 0.15) is 17.1 Å². The number of nitrogen functional groups attached to an aromatic ring is 1. The number of pyridine rings is 1. The Kier molecular flexibility index (Phi) is 4.49. The molecule has 0 bridgehead atoms. The number of hydrogen-bond donors (Lipinski definition) is 1. The zero-order valence-electron chi connectivity index (χ0n) is 13.0. The van der Waals surface area contributed by atoms with Gasteiger partial charge in [0.15, 0.2) is 0 Å². The molecule has 1 fully saturated rings. The Bertz CT molecular complexity index is 758. The van der Waals surface area contributed by atoms with Crippen LogP contribution in [0.1, 0.15) is 11.4 Å². The van der Waals surface area contributed by atoms with Crippen LogP contribution in [0.2, 0.25) is 5.02 Å². The van der Waals surface area contributed by atoms with E-state index in [0.29, 0.717) is 38.4 Å². The van der Waals surface area contributed by atoms with Gasteiger partial charge in [0.25, 0.3) is 0 Å². The molecule has 0 amide bonds. The summed E-state index contributed by atoms with van der Waals surface area (Å²) in [5, 5.41) is 19.2. The summed E-state index contributed by atoms with van der Waals surface area (Å²) in [6, 6.07) is 0. The van der Waals surface area contributed by atoms with Crippen molar-refractivity contribution >= 4 is 28.8 Å². The molecule has 0 unspecified atom stereocenters. The largest absolute Gasteiger partial charge is 0.378 e. The standard InChI is InChI=1S/C13H16ClN7O3/c1-8-10(18-24-17-8)7-19-2-4-20(5-3-19)11-9(14)6-16-13(15)12(11)21(22)23/h6H,2-5,7H2,1H3,(H2,15,16). The van der Waals surface area contributed by atoms with Crippen LogP contribution in [-0.2, 0) is 6.54 Å². The van der Waals surface area contributed by atoms with Gasteiger partial charge < -0.3 is 10.6 Å². The van der Waals surface area contributed by atoms with E-state index in [1.165, 1.54) is 6.20 Å². The number of hydrogen-bond acceptors (Lipinski definition) is 9. The third-order valence-corrected chi connectivity index (χ3v) is 4.28. The maximum atomic E-state index is 11.3. The van der Waals surface area contributed by atoms with Gasteiger partial charge in [0, 0.05) is 32.7 Å². The fourth-order valence-corrected chi connectivity index (χ4v) is 2.96. The molecule has 10 nitrogen and oxygen atoms in total. The molecule has 2 N–H and O–H groups in total. The number of nitro groups is 1. The number of nitrogens with zero attached hydrogens (tertiary/aromatic N) is 6. The van der Waals surface area contributed by atoms with Gasteiger partial charge in [-0.1, -0.05) is 21.9 Å². The smallest absolute Gasteiger partial charge is 0.335 e. The highest BCUT2D eigenvalue weighted by atomic mass is 35.5. The fourth-order valence-electron chi connectivity index (χ4n) is 2.70. The summed E-state index contributed by atoms with van der Waals surface area (Å²) >= 11 is 6.14. The van der Waals surface area contributed by atoms with E-state index in [9.17, 15) is 10.1 Å². The molecule has 0 aliphatic carbocycles. The van der Waals surface area contributed by atoms with Crippen molar-refractivity contribution in [1.82, 2.24) is 20.2 Å². The van der Waals surface area contributed by atoms with Gasteiger partial charge in [-0.3, -0.25) is 15.0 Å². The Morgan fingerprint density at radius 3 is 2.67 bits per heavy atom. The van der Waals surface area contributed by atoms with E-state index >= 15 is 0 Å². The summed E-state index contributed by atoms with van der Waals surface area (Å²) in [5.41, 5.74) is 7.30. The minimum atomic E-state index is -0.541. The van der Waals surface area contributed by atoms with Gasteiger partial charge in [-0.05, 0) is 6.92 Å². The number of aromatic nitrogens is 3. The lowest BCUT2D eigenvalue weighted by atomic mass is 10.2. The molecule has 1 saturated heterocycles. The van der Waals surface area contributed by atoms with Crippen LogP contribution in [0.25, 0.3) is 0 Å². The molecule has 0 atom stereocenters. The molecule has 24 heavy (non-hydrogen) atoms. The average Bonchev–Trinajstić information content (AvgIpc) is 2.95. The molecule has 128 valence electrons. The van der Waals surface area contributed by atoms with Crippen LogP contribution in [0.3, 0.4) is 0 Å². The maximum absolute atomic E-state index is 11.3. The normalized spacial score (nSPS) is 15.7. The Labute approximate surface area is 142 Å². The molecular formula is C13H16ClN7O3. The maximum Gasteiger partial charge on any atom is 0.335 e. The predicted molar refractivity (Wildman–Crippen MR) is 86.8 cm³/mol. The molecular weight excluding hydrogens is 338 g/mol. The number of nitrogens with two attached hydrogens (primary N) is 1. The highest BCUT2D eigenvalue weighted by Crippen LogP contribution is 2.38. The van der Waals surface area contributed by atoms with E-state index in [2.05, 4.69) is 20.2 Å². The lowest BCUT2D eigenvalue weighted by Crippen LogP contribution is -2.46. The minimum Gasteiger partial charge on any atom is -0.378 e. The molecule has 3 heterocycles. The average molecular weight is 354 g/mol. The SMILES string of the molecule is Cc1nonc1CN1CCN(c2c(Cl)cnc(N)c2[N+](=O)[O-])CC1. The van der Waals surface area contributed by atoms with E-state index < -0.39 is 4.92 Å². The zero-order valence-corrected chi connectivity index (χ0v) is 13.7. The van der Waals surface area contributed by atoms with Crippen LogP contribution in [0.5, 0.6) is 0 Å². The molecule has 1 aliphatic heterocycles. The first kappa shape index (κ1) is 16.4. The fraction of sp³-hybridized carbons (Fsp3) is 0.462. The van der Waals surface area contributed by atoms with Crippen LogP contribution in [0.4, 0.5) is 17.2 Å². The summed E-state index contributed by atoms with van der Waals surface area (Å²) in [6.07, 6.45) is 1.34. The highest BCUT2D eigenvalue weighted by molar-refractivity contribution is 6.33. The topological polar surface area (TPSA) is 127 Å². The molecule has 0 spiro atoms. The number of piperazine rings is 1. The molecule has 11 heteroatoms. The van der Waals surface area contributed by atoms with Crippen LogP contribution in [0, 0.1) is 17.0 Å². The van der Waals surface area contributed by atoms with Gasteiger partial charge in [0.2, 0.25) is 5.82 Å². The second-order valence-corrected chi connectivity index (χ2v) is 5.91. The molecule has 0 radical (unpaired) electrons. The monoisotopic (exact) mass is 353 g/mol. The van der Waals surface area contributed by atoms with Crippen LogP contribution in [0.15, 0.2) is 10.8 Å². The first-order valence-electron chi connectivity index (χ1n) is 7.31. The van der Waals surface area contributed by atoms with Crippen molar-refractivity contribution in [2.75, 3.05) is 36.8 Å². The van der Waals surface area contributed by atoms with Crippen molar-refractivity contribution in [2.24, 2.45) is 0 Å². The van der Waals surface area contributed by atoms with E-state index in [4.69, 9.17) is 22.0 Å². The number of anilines is 2. The van der Waals surface area contributed by atoms with E-state index in [1.807, 2.05) is 11.8 Å². The Hall–Kier alpha value is -2.46. The van der Waals surface area contributed by atoms with Gasteiger partial charge in [-0.25, -0.2) is 9.61 Å². The Morgan fingerprint density at radius 2 is 2.08 bits per heavy atom. The van der Waals surface area contributed by atoms with Crippen molar-refractivity contribution in [1.29, 1.82) is 0 Å². The van der Waals surface area contributed by atoms with Crippen molar-refractivity contribution in [2.45, 2.75) is 13.5 Å². The third kappa shape index (κ3) is 3.10. The van der Waals surface area contributed by atoms with Crippen LogP contribution < -0.4 is 10.6 Å². The lowest BCUT2D eigenvalue weighted by molar-refractivity contribution is -0.383. The van der Waals surface area contributed by atoms with Crippen LogP contribution in [-0.4, -0.2) is 51.3 Å². The highest BCUT2D eigenvalue weighted by Gasteiger charge is 2.29. The summed E-state index contributed by atoms with van der Waals surface area (Å²) in [4.78, 5) is 18.6. The summed E-state index contributed by atoms with van der Waals surface area (Å²) in [7, 11) is 0. The summed E-state index contributed by atoms with van der Waals surface area (Å²) in [6.45, 7) is 5.01. The summed E-state index contributed by atoms with van der Waals surface area (Å²) < 4.78 is 4.70. The quantitative estimate of drug-likeness (QED) is 0.637. The van der Waals surface area contributed by atoms with E-state index in [0.717, 1.165) is 11.4 Å². The van der Waals surface area contributed by atoms with E-state index in [-0.39, 0.29) is 16.5 Å². The second kappa shape index (κ2) is 6.57. The van der Waals surface area contributed by atoms with Crippen molar-refractivity contribution in [3.05, 3.63) is 32.7 Å². The number of aryl methyl sites for hydroxylation is 1. The molecule has 2 aromatic rings. The third-order valence-electron chi connectivity index (χ3n) is 4.00. The molecule has 0 saturated carbocycles. The van der Waals surface area contributed by atoms with E-state index in [1.54, 1.807) is 0 Å². The van der Waals surface area contributed by atoms with Gasteiger partial charge in [0.05, 0.1) is 16.1 Å². The number of rotatable bonds is 4. The molecule has 0 aromatic carbocycles. The Morgan fingerprint density at radius 1 is 1.38 bits per heavy atom. The first-order chi connectivity index (χ1) is 11.5. The van der Waals surface area contributed by atoms with Crippen LogP contribution >= 0.6 is 11.6 Å². The van der Waals surface area contributed by atoms with Crippen molar-refractivity contribution < 1.29 is 9.55 Å². The molecule has 2 aromatic heterocycles. The minimum absolute atomic E-state index is 0.133. The van der Waals surface area contributed by atoms with Gasteiger partial charge in [-0.15, -0.1) is 0 Å². The van der Waals surface area contributed by atoms with Crippen molar-refractivity contribution in [3.63, 3.8) is 0 Å². The molecule has 3 rings (SSSR count). The zero-order chi connectivity index (χ0) is 17.3. The lowest BCUT2D eigenvalue weighted by Gasteiger charge is -2.35. The number of halogens is 1. The van der Waals surface area contributed by atoms with Crippen molar-refractivity contribution in [3.8, 4) is 0 Å².